The molecule has 6 aliphatic rings. The van der Waals surface area contributed by atoms with Crippen LogP contribution in [0.5, 0.6) is 0 Å². The Labute approximate surface area is 280 Å². The predicted molar refractivity (Wildman–Crippen MR) is 156 cm³/mol. The van der Waals surface area contributed by atoms with E-state index in [4.69, 9.17) is 37.6 Å². The maximum Gasteiger partial charge on any atom is 0.306 e. The van der Waals surface area contributed by atoms with Gasteiger partial charge in [0.2, 0.25) is 0 Å². The van der Waals surface area contributed by atoms with E-state index < -0.39 is 138 Å². The van der Waals surface area contributed by atoms with Gasteiger partial charge in [0.05, 0.1) is 44.2 Å². The number of hydrogen-bond acceptors (Lipinski definition) is 16. The van der Waals surface area contributed by atoms with Gasteiger partial charge >= 0.3 is 23.9 Å². The molecule has 16 heteroatoms. The second-order valence-corrected chi connectivity index (χ2v) is 15.2. The molecule has 3 aliphatic carbocycles. The van der Waals surface area contributed by atoms with Gasteiger partial charge in [0.15, 0.2) is 0 Å². The molecule has 0 aromatic carbocycles. The highest BCUT2D eigenvalue weighted by Gasteiger charge is 2.95. The number of aliphatic hydroxyl groups is 4. The minimum absolute atomic E-state index is 0.325. The van der Waals surface area contributed by atoms with Gasteiger partial charge in [0, 0.05) is 49.5 Å². The molecule has 0 radical (unpaired) electrons. The molecule has 5 bridgehead atoms. The van der Waals surface area contributed by atoms with Gasteiger partial charge in [-0.15, -0.1) is 0 Å². The minimum atomic E-state index is -2.51. The Morgan fingerprint density at radius 1 is 1.04 bits per heavy atom. The Kier molecular flexibility index (Phi) is 7.33. The third-order valence-corrected chi connectivity index (χ3v) is 12.7. The van der Waals surface area contributed by atoms with Crippen molar-refractivity contribution in [2.75, 3.05) is 20.3 Å². The van der Waals surface area contributed by atoms with Crippen LogP contribution in [-0.4, -0.2) is 112 Å². The quantitative estimate of drug-likeness (QED) is 0.228. The van der Waals surface area contributed by atoms with Crippen LogP contribution in [0, 0.1) is 28.1 Å². The van der Waals surface area contributed by atoms with E-state index >= 15 is 0 Å². The molecule has 270 valence electrons. The van der Waals surface area contributed by atoms with Crippen LogP contribution in [0.2, 0.25) is 0 Å². The second-order valence-electron chi connectivity index (χ2n) is 15.2. The van der Waals surface area contributed by atoms with Crippen LogP contribution in [0.4, 0.5) is 0 Å². The van der Waals surface area contributed by atoms with Gasteiger partial charge in [-0.2, -0.15) is 0 Å². The van der Waals surface area contributed by atoms with Crippen molar-refractivity contribution in [3.05, 3.63) is 24.2 Å². The van der Waals surface area contributed by atoms with Crippen molar-refractivity contribution in [1.29, 1.82) is 0 Å². The minimum Gasteiger partial charge on any atom is -0.472 e. The fraction of sp³-hybridized carbons (Fsp3) is 0.758. The molecule has 1 aromatic rings. The maximum atomic E-state index is 13.7. The molecule has 14 unspecified atom stereocenters. The van der Waals surface area contributed by atoms with Crippen LogP contribution in [-0.2, 0) is 52.3 Å². The van der Waals surface area contributed by atoms with Crippen molar-refractivity contribution in [3.63, 3.8) is 0 Å². The highest BCUT2D eigenvalue weighted by molar-refractivity contribution is 5.73. The van der Waals surface area contributed by atoms with Gasteiger partial charge in [-0.05, 0) is 18.4 Å². The number of cyclic esters (lactones) is 1. The maximum absolute atomic E-state index is 13.7. The van der Waals surface area contributed by atoms with Crippen molar-refractivity contribution in [1.82, 2.24) is 0 Å². The number of hydrogen-bond donors (Lipinski definition) is 4. The van der Waals surface area contributed by atoms with Gasteiger partial charge in [-0.25, -0.2) is 0 Å². The van der Waals surface area contributed by atoms with Crippen LogP contribution >= 0.6 is 0 Å². The summed E-state index contributed by atoms with van der Waals surface area (Å²) in [7, 11) is 1.16. The van der Waals surface area contributed by atoms with Crippen molar-refractivity contribution >= 4 is 23.9 Å². The largest absolute Gasteiger partial charge is 0.472 e. The topological polar surface area (TPSA) is 227 Å². The van der Waals surface area contributed by atoms with E-state index in [2.05, 4.69) is 0 Å². The average Bonchev–Trinajstić information content (AvgIpc) is 3.68. The summed E-state index contributed by atoms with van der Waals surface area (Å²) in [6, 6.07) is 1.53. The zero-order valence-electron chi connectivity index (χ0n) is 28.0. The SMILES string of the molecule is COC(=O)CC1C2(C)COC3(C)OC45C(O)C(O)(CC1(COC(C)=O)C4(O3)C(O)C(OC(C)=O)C1(C)C(c3ccoc3)OC(=O)CC15)C2O. The fourth-order valence-corrected chi connectivity index (χ4v) is 11.1. The summed E-state index contributed by atoms with van der Waals surface area (Å²) in [5.74, 6) is -7.78. The molecule has 0 amide bonds. The van der Waals surface area contributed by atoms with Gasteiger partial charge in [0.25, 0.3) is 5.97 Å². The smallest absolute Gasteiger partial charge is 0.306 e. The van der Waals surface area contributed by atoms with Gasteiger partial charge in [0.1, 0.15) is 47.8 Å². The highest BCUT2D eigenvalue weighted by atomic mass is 16.9. The number of aliphatic hydroxyl groups excluding tert-OH is 3. The lowest BCUT2D eigenvalue weighted by Gasteiger charge is -2.77. The summed E-state index contributed by atoms with van der Waals surface area (Å²) in [6.45, 7) is 5.73. The molecule has 7 rings (SSSR count). The number of methoxy groups -OCH3 is 1. The van der Waals surface area contributed by atoms with Gasteiger partial charge in [-0.3, -0.25) is 19.2 Å². The van der Waals surface area contributed by atoms with E-state index in [-0.39, 0.29) is 0 Å². The zero-order valence-corrected chi connectivity index (χ0v) is 28.0. The van der Waals surface area contributed by atoms with Crippen molar-refractivity contribution in [2.45, 2.75) is 107 Å². The Morgan fingerprint density at radius 3 is 2.37 bits per heavy atom. The lowest BCUT2D eigenvalue weighted by Crippen LogP contribution is -2.94. The molecule has 14 atom stereocenters. The molecule has 4 heterocycles. The molecule has 3 saturated heterocycles. The van der Waals surface area contributed by atoms with Crippen LogP contribution in [0.15, 0.2) is 23.0 Å². The first-order valence-corrected chi connectivity index (χ1v) is 16.2. The van der Waals surface area contributed by atoms with E-state index in [0.29, 0.717) is 5.56 Å². The molecule has 4 N–H and O–H groups in total. The molecular weight excluding hydrogens is 652 g/mol. The second kappa shape index (κ2) is 10.5. The van der Waals surface area contributed by atoms with Gasteiger partial charge in [-0.1, -0.05) is 13.8 Å². The molecule has 3 aliphatic heterocycles. The Morgan fingerprint density at radius 2 is 1.76 bits per heavy atom. The summed E-state index contributed by atoms with van der Waals surface area (Å²) in [5, 5.41) is 50.9. The summed E-state index contributed by atoms with van der Waals surface area (Å²) >= 11 is 0. The Hall–Kier alpha value is -3.12. The summed E-state index contributed by atoms with van der Waals surface area (Å²) in [4.78, 5) is 52.5. The number of ether oxygens (including phenoxy) is 7. The Bertz CT molecular complexity index is 1580. The number of carbonyl (C=O) groups is 4. The highest BCUT2D eigenvalue weighted by Crippen LogP contribution is 2.80. The number of furan rings is 1. The standard InChI is InChI=1S/C33H42O16/c1-15(34)44-14-30-12-31(41)25(39)27(3,18(30)9-20(36)42-6)13-45-29(5)48-32(26(31)40)19-10-21(37)47-23(17-7-8-43-11-17)28(19,4)24(46-16(2)35)22(38)33(30,32)49-29/h7-8,11,18-19,22-26,38-41H,9-10,12-14H2,1-6H3. The molecule has 1 aromatic heterocycles. The summed E-state index contributed by atoms with van der Waals surface area (Å²) < 4.78 is 47.9. The average molecular weight is 695 g/mol. The molecule has 16 nitrogen and oxygen atoms in total. The zero-order chi connectivity index (χ0) is 35.7. The third kappa shape index (κ3) is 3.93. The van der Waals surface area contributed by atoms with E-state index in [0.717, 1.165) is 21.0 Å². The first-order chi connectivity index (χ1) is 22.8. The molecule has 6 fully saturated rings. The number of esters is 4. The summed E-state index contributed by atoms with van der Waals surface area (Å²) in [5.41, 5.74) is -12.2. The van der Waals surface area contributed by atoms with Crippen LogP contribution < -0.4 is 0 Å². The number of carbonyl (C=O) groups excluding carboxylic acids is 4. The first-order valence-electron chi connectivity index (χ1n) is 16.2. The molecule has 1 spiro atoms. The van der Waals surface area contributed by atoms with E-state index in [1.54, 1.807) is 6.92 Å². The fourth-order valence-electron chi connectivity index (χ4n) is 11.1. The van der Waals surface area contributed by atoms with E-state index in [1.807, 2.05) is 0 Å². The monoisotopic (exact) mass is 694 g/mol. The summed E-state index contributed by atoms with van der Waals surface area (Å²) in [6.07, 6.45) is -7.76. The number of rotatable bonds is 6. The van der Waals surface area contributed by atoms with Crippen molar-refractivity contribution in [2.24, 2.45) is 28.1 Å². The lowest BCUT2D eigenvalue weighted by molar-refractivity contribution is -0.433. The lowest BCUT2D eigenvalue weighted by atomic mass is 9.31. The van der Waals surface area contributed by atoms with E-state index in [1.165, 1.54) is 32.4 Å². The van der Waals surface area contributed by atoms with Crippen molar-refractivity contribution < 1.29 is 77.2 Å². The molecule has 3 saturated carbocycles. The van der Waals surface area contributed by atoms with Crippen LogP contribution in [0.1, 0.15) is 65.5 Å². The number of fused-ring (bicyclic) bond motifs is 4. The van der Waals surface area contributed by atoms with Crippen molar-refractivity contribution in [3.8, 4) is 0 Å². The van der Waals surface area contributed by atoms with E-state index in [9.17, 15) is 39.6 Å². The normalized spacial score (nSPS) is 50.7. The van der Waals surface area contributed by atoms with Crippen LogP contribution in [0.3, 0.4) is 0 Å². The predicted octanol–water partition coefficient (Wildman–Crippen LogP) is 0.0299. The van der Waals surface area contributed by atoms with Gasteiger partial charge < -0.3 is 58.0 Å². The molecule has 49 heavy (non-hydrogen) atoms. The van der Waals surface area contributed by atoms with Crippen LogP contribution in [0.25, 0.3) is 0 Å². The first kappa shape index (κ1) is 34.3. The molecular formula is C33H42O16. The third-order valence-electron chi connectivity index (χ3n) is 12.7. The Balaban J connectivity index is 1.62.